The molecule has 0 bridgehead atoms. The molecule has 1 saturated carbocycles. The first-order valence-electron chi connectivity index (χ1n) is 6.29. The van der Waals surface area contributed by atoms with Crippen molar-refractivity contribution >= 4 is 5.91 Å². The van der Waals surface area contributed by atoms with E-state index in [-0.39, 0.29) is 11.9 Å². The number of hydrogen-bond donors (Lipinski definition) is 2. The molecule has 0 radical (unpaired) electrons. The Labute approximate surface area is 108 Å². The summed E-state index contributed by atoms with van der Waals surface area (Å²) in [6, 6.07) is 8.32. The maximum atomic E-state index is 11.0. The highest BCUT2D eigenvalue weighted by molar-refractivity contribution is 5.79. The van der Waals surface area contributed by atoms with Gasteiger partial charge in [-0.05, 0) is 43.4 Å². The lowest BCUT2D eigenvalue weighted by Gasteiger charge is -2.37. The van der Waals surface area contributed by atoms with E-state index in [1.54, 1.807) is 14.0 Å². The van der Waals surface area contributed by atoms with Crippen LogP contribution in [0.3, 0.4) is 0 Å². The molecular formula is C14H20N2O2. The Balaban J connectivity index is 1.86. The summed E-state index contributed by atoms with van der Waals surface area (Å²) in [5.41, 5.74) is 6.53. The molecule has 1 atom stereocenters. The van der Waals surface area contributed by atoms with Gasteiger partial charge in [0.1, 0.15) is 5.75 Å². The monoisotopic (exact) mass is 248 g/mol. The van der Waals surface area contributed by atoms with Gasteiger partial charge in [0, 0.05) is 6.04 Å². The second-order valence-corrected chi connectivity index (χ2v) is 4.93. The van der Waals surface area contributed by atoms with Crippen molar-refractivity contribution < 1.29 is 9.53 Å². The lowest BCUT2D eigenvalue weighted by molar-refractivity contribution is -0.120. The second-order valence-electron chi connectivity index (χ2n) is 4.93. The molecule has 3 N–H and O–H groups in total. The van der Waals surface area contributed by atoms with E-state index >= 15 is 0 Å². The third-order valence-electron chi connectivity index (χ3n) is 3.62. The molecule has 0 heterocycles. The van der Waals surface area contributed by atoms with E-state index in [0.29, 0.717) is 12.0 Å². The first-order chi connectivity index (χ1) is 8.60. The number of amides is 1. The molecule has 18 heavy (non-hydrogen) atoms. The van der Waals surface area contributed by atoms with Crippen molar-refractivity contribution in [1.29, 1.82) is 0 Å². The molecule has 4 nitrogen and oxygen atoms in total. The van der Waals surface area contributed by atoms with Gasteiger partial charge in [0.15, 0.2) is 0 Å². The Bertz CT molecular complexity index is 428. The molecule has 4 heteroatoms. The van der Waals surface area contributed by atoms with Crippen molar-refractivity contribution in [2.24, 2.45) is 5.73 Å². The molecule has 2 rings (SSSR count). The summed E-state index contributed by atoms with van der Waals surface area (Å²) in [5.74, 6) is 1.16. The summed E-state index contributed by atoms with van der Waals surface area (Å²) < 4.78 is 5.22. The molecule has 0 spiro atoms. The SMILES string of the molecule is COc1cccc(C2CC(NC(C)C(N)=O)C2)c1. The van der Waals surface area contributed by atoms with E-state index in [4.69, 9.17) is 10.5 Å². The van der Waals surface area contributed by atoms with Gasteiger partial charge in [0.25, 0.3) is 0 Å². The number of nitrogens with one attached hydrogen (secondary N) is 1. The zero-order valence-corrected chi connectivity index (χ0v) is 10.8. The number of benzene rings is 1. The molecule has 1 aliphatic carbocycles. The summed E-state index contributed by atoms with van der Waals surface area (Å²) in [6.07, 6.45) is 2.09. The van der Waals surface area contributed by atoms with Gasteiger partial charge < -0.3 is 15.8 Å². The number of methoxy groups -OCH3 is 1. The van der Waals surface area contributed by atoms with Gasteiger partial charge in [-0.3, -0.25) is 4.79 Å². The first kappa shape index (κ1) is 12.9. The number of ether oxygens (including phenoxy) is 1. The second kappa shape index (κ2) is 5.40. The van der Waals surface area contributed by atoms with Crippen molar-refractivity contribution in [1.82, 2.24) is 5.32 Å². The maximum absolute atomic E-state index is 11.0. The lowest BCUT2D eigenvalue weighted by Crippen LogP contribution is -2.49. The summed E-state index contributed by atoms with van der Waals surface area (Å²) in [7, 11) is 1.68. The normalized spacial score (nSPS) is 24.1. The standard InChI is InChI=1S/C14H20N2O2/c1-9(14(15)17)16-12-6-11(7-12)10-4-3-5-13(8-10)18-2/h3-5,8-9,11-12,16H,6-7H2,1-2H3,(H2,15,17). The van der Waals surface area contributed by atoms with Crippen molar-refractivity contribution in [2.45, 2.75) is 37.8 Å². The molecule has 1 aliphatic rings. The van der Waals surface area contributed by atoms with E-state index < -0.39 is 0 Å². The van der Waals surface area contributed by atoms with Crippen LogP contribution in [0, 0.1) is 0 Å². The van der Waals surface area contributed by atoms with Crippen LogP contribution in [0.5, 0.6) is 5.75 Å². The highest BCUT2D eigenvalue weighted by Gasteiger charge is 2.31. The average molecular weight is 248 g/mol. The van der Waals surface area contributed by atoms with E-state index in [9.17, 15) is 4.79 Å². The smallest absolute Gasteiger partial charge is 0.234 e. The number of hydrogen-bond acceptors (Lipinski definition) is 3. The third kappa shape index (κ3) is 2.82. The maximum Gasteiger partial charge on any atom is 0.234 e. The highest BCUT2D eigenvalue weighted by atomic mass is 16.5. The Morgan fingerprint density at radius 3 is 2.83 bits per heavy atom. The first-order valence-corrected chi connectivity index (χ1v) is 6.29. The van der Waals surface area contributed by atoms with Gasteiger partial charge in [-0.2, -0.15) is 0 Å². The molecule has 98 valence electrons. The molecule has 1 unspecified atom stereocenters. The fourth-order valence-electron chi connectivity index (χ4n) is 2.36. The van der Waals surface area contributed by atoms with E-state index in [0.717, 1.165) is 18.6 Å². The molecular weight excluding hydrogens is 228 g/mol. The van der Waals surface area contributed by atoms with E-state index in [1.807, 2.05) is 12.1 Å². The van der Waals surface area contributed by atoms with Crippen molar-refractivity contribution in [3.8, 4) is 5.75 Å². The molecule has 1 amide bonds. The predicted molar refractivity (Wildman–Crippen MR) is 70.5 cm³/mol. The van der Waals surface area contributed by atoms with Crippen LogP contribution in [-0.4, -0.2) is 25.1 Å². The van der Waals surface area contributed by atoms with Gasteiger partial charge in [-0.1, -0.05) is 12.1 Å². The largest absolute Gasteiger partial charge is 0.497 e. The van der Waals surface area contributed by atoms with Crippen molar-refractivity contribution in [3.63, 3.8) is 0 Å². The zero-order valence-electron chi connectivity index (χ0n) is 10.8. The number of rotatable bonds is 5. The van der Waals surface area contributed by atoms with Crippen molar-refractivity contribution in [2.75, 3.05) is 7.11 Å². The molecule has 0 aliphatic heterocycles. The minimum absolute atomic E-state index is 0.249. The van der Waals surface area contributed by atoms with Crippen LogP contribution in [0.4, 0.5) is 0 Å². The number of carbonyl (C=O) groups is 1. The molecule has 1 aromatic carbocycles. The van der Waals surface area contributed by atoms with Crippen LogP contribution in [-0.2, 0) is 4.79 Å². The van der Waals surface area contributed by atoms with Crippen LogP contribution in [0.25, 0.3) is 0 Å². The fraction of sp³-hybridized carbons (Fsp3) is 0.500. The van der Waals surface area contributed by atoms with Crippen LogP contribution in [0.15, 0.2) is 24.3 Å². The Morgan fingerprint density at radius 2 is 2.22 bits per heavy atom. The fourth-order valence-corrected chi connectivity index (χ4v) is 2.36. The van der Waals surface area contributed by atoms with E-state index in [1.165, 1.54) is 5.56 Å². The molecule has 1 aromatic rings. The minimum atomic E-state index is -0.292. The van der Waals surface area contributed by atoms with Gasteiger partial charge in [0.05, 0.1) is 13.2 Å². The topological polar surface area (TPSA) is 64.3 Å². The van der Waals surface area contributed by atoms with Gasteiger partial charge in [0.2, 0.25) is 5.91 Å². The van der Waals surface area contributed by atoms with Crippen LogP contribution in [0.2, 0.25) is 0 Å². The van der Waals surface area contributed by atoms with Crippen molar-refractivity contribution in [3.05, 3.63) is 29.8 Å². The van der Waals surface area contributed by atoms with Crippen LogP contribution < -0.4 is 15.8 Å². The summed E-state index contributed by atoms with van der Waals surface area (Å²) in [5, 5.41) is 3.24. The summed E-state index contributed by atoms with van der Waals surface area (Å²) in [6.45, 7) is 1.81. The Kier molecular flexibility index (Phi) is 3.87. The zero-order chi connectivity index (χ0) is 13.1. The van der Waals surface area contributed by atoms with Crippen LogP contribution >= 0.6 is 0 Å². The summed E-state index contributed by atoms with van der Waals surface area (Å²) in [4.78, 5) is 11.0. The molecule has 1 fully saturated rings. The Morgan fingerprint density at radius 1 is 1.50 bits per heavy atom. The predicted octanol–water partition coefficient (Wildman–Crippen LogP) is 1.40. The van der Waals surface area contributed by atoms with E-state index in [2.05, 4.69) is 17.4 Å². The quantitative estimate of drug-likeness (QED) is 0.828. The lowest BCUT2D eigenvalue weighted by atomic mass is 9.75. The number of carbonyl (C=O) groups excluding carboxylic acids is 1. The number of nitrogens with two attached hydrogens (primary N) is 1. The summed E-state index contributed by atoms with van der Waals surface area (Å²) >= 11 is 0. The Hall–Kier alpha value is -1.55. The average Bonchev–Trinajstić information content (AvgIpc) is 2.32. The molecule has 0 saturated heterocycles. The van der Waals surface area contributed by atoms with Gasteiger partial charge >= 0.3 is 0 Å². The molecule has 0 aromatic heterocycles. The minimum Gasteiger partial charge on any atom is -0.497 e. The third-order valence-corrected chi connectivity index (χ3v) is 3.62. The van der Waals surface area contributed by atoms with Gasteiger partial charge in [-0.15, -0.1) is 0 Å². The number of primary amides is 1. The highest BCUT2D eigenvalue weighted by Crippen LogP contribution is 2.38. The van der Waals surface area contributed by atoms with Gasteiger partial charge in [-0.25, -0.2) is 0 Å². The van der Waals surface area contributed by atoms with Crippen LogP contribution in [0.1, 0.15) is 31.2 Å².